The normalized spacial score (nSPS) is 33.5. The van der Waals surface area contributed by atoms with Crippen LogP contribution < -0.4 is 0 Å². The van der Waals surface area contributed by atoms with Crippen LogP contribution in [-0.4, -0.2) is 36.0 Å². The minimum Gasteiger partial charge on any atom is -0.444 e. The Balaban J connectivity index is 1.84. The largest absolute Gasteiger partial charge is 0.444 e. The van der Waals surface area contributed by atoms with Gasteiger partial charge in [-0.2, -0.15) is 0 Å². The summed E-state index contributed by atoms with van der Waals surface area (Å²) in [7, 11) is 0. The molecule has 4 nitrogen and oxygen atoms in total. The van der Waals surface area contributed by atoms with E-state index in [4.69, 9.17) is 4.74 Å². The molecule has 0 bridgehead atoms. The van der Waals surface area contributed by atoms with Gasteiger partial charge in [-0.05, 0) is 32.6 Å². The lowest BCUT2D eigenvalue weighted by atomic mass is 10.2. The quantitative estimate of drug-likeness (QED) is 0.614. The monoisotopic (exact) mass is 211 g/mol. The first-order valence-electron chi connectivity index (χ1n) is 5.35. The third-order valence-electron chi connectivity index (χ3n) is 3.07. The molecule has 1 saturated heterocycles. The highest BCUT2D eigenvalue weighted by molar-refractivity contribution is 5.70. The lowest BCUT2D eigenvalue weighted by Crippen LogP contribution is -2.37. The van der Waals surface area contributed by atoms with Crippen LogP contribution in [0.25, 0.3) is 0 Å². The van der Waals surface area contributed by atoms with Crippen molar-refractivity contribution in [1.29, 1.82) is 0 Å². The predicted molar refractivity (Wildman–Crippen MR) is 54.3 cm³/mol. The maximum atomic E-state index is 11.6. The summed E-state index contributed by atoms with van der Waals surface area (Å²) < 4.78 is 5.26. The molecule has 1 aliphatic carbocycles. The molecule has 2 rings (SSSR count). The number of amides is 1. The Morgan fingerprint density at radius 2 is 1.87 bits per heavy atom. The van der Waals surface area contributed by atoms with Crippen molar-refractivity contribution in [2.45, 2.75) is 26.4 Å². The maximum absolute atomic E-state index is 11.6. The van der Waals surface area contributed by atoms with E-state index in [0.717, 1.165) is 6.29 Å². The molecule has 1 heterocycles. The van der Waals surface area contributed by atoms with Crippen LogP contribution in [-0.2, 0) is 9.53 Å². The van der Waals surface area contributed by atoms with E-state index in [2.05, 4.69) is 0 Å². The minimum atomic E-state index is -0.437. The van der Waals surface area contributed by atoms with E-state index in [1.54, 1.807) is 4.90 Å². The third-order valence-corrected chi connectivity index (χ3v) is 3.07. The molecule has 84 valence electrons. The topological polar surface area (TPSA) is 46.6 Å². The SMILES string of the molecule is CC(C)(C)OC(=O)N1C[C@@H]2C(C=O)[C@H]2C1. The van der Waals surface area contributed by atoms with Crippen molar-refractivity contribution in [2.24, 2.45) is 17.8 Å². The Bertz CT molecular complexity index is 283. The highest BCUT2D eigenvalue weighted by atomic mass is 16.6. The van der Waals surface area contributed by atoms with Crippen molar-refractivity contribution < 1.29 is 14.3 Å². The zero-order valence-corrected chi connectivity index (χ0v) is 9.40. The fourth-order valence-corrected chi connectivity index (χ4v) is 2.25. The molecule has 0 unspecified atom stereocenters. The van der Waals surface area contributed by atoms with E-state index < -0.39 is 5.60 Å². The Morgan fingerprint density at radius 1 is 1.33 bits per heavy atom. The average Bonchev–Trinajstić information content (AvgIpc) is 2.54. The Labute approximate surface area is 89.6 Å². The number of rotatable bonds is 1. The number of aldehydes is 1. The first-order chi connectivity index (χ1) is 6.92. The minimum absolute atomic E-state index is 0.198. The molecular formula is C11H17NO3. The van der Waals surface area contributed by atoms with E-state index in [1.807, 2.05) is 20.8 Å². The van der Waals surface area contributed by atoms with E-state index in [0.29, 0.717) is 24.9 Å². The molecule has 0 aromatic heterocycles. The number of hydrogen-bond acceptors (Lipinski definition) is 3. The van der Waals surface area contributed by atoms with Crippen LogP contribution in [0.4, 0.5) is 4.79 Å². The van der Waals surface area contributed by atoms with Gasteiger partial charge in [-0.3, -0.25) is 0 Å². The van der Waals surface area contributed by atoms with Gasteiger partial charge in [-0.15, -0.1) is 0 Å². The summed E-state index contributed by atoms with van der Waals surface area (Å²) in [6.45, 7) is 6.94. The van der Waals surface area contributed by atoms with Crippen LogP contribution in [0, 0.1) is 17.8 Å². The molecule has 0 N–H and O–H groups in total. The van der Waals surface area contributed by atoms with Gasteiger partial charge in [0, 0.05) is 19.0 Å². The third kappa shape index (κ3) is 1.98. The van der Waals surface area contributed by atoms with Gasteiger partial charge in [0.15, 0.2) is 0 Å². The number of likely N-dealkylation sites (tertiary alicyclic amines) is 1. The summed E-state index contributed by atoms with van der Waals surface area (Å²) in [6, 6.07) is 0. The molecule has 2 atom stereocenters. The van der Waals surface area contributed by atoms with Gasteiger partial charge < -0.3 is 14.4 Å². The van der Waals surface area contributed by atoms with Gasteiger partial charge in [0.05, 0.1) is 0 Å². The number of piperidine rings is 1. The predicted octanol–water partition coefficient (Wildman–Crippen LogP) is 1.30. The summed E-state index contributed by atoms with van der Waals surface area (Å²) in [5.74, 6) is 0.994. The summed E-state index contributed by atoms with van der Waals surface area (Å²) in [6.07, 6.45) is 0.765. The first kappa shape index (κ1) is 10.5. The zero-order chi connectivity index (χ0) is 11.2. The maximum Gasteiger partial charge on any atom is 0.410 e. The van der Waals surface area contributed by atoms with Crippen LogP contribution in [0.1, 0.15) is 20.8 Å². The van der Waals surface area contributed by atoms with Gasteiger partial charge in [0.25, 0.3) is 0 Å². The van der Waals surface area contributed by atoms with Crippen LogP contribution in [0.3, 0.4) is 0 Å². The van der Waals surface area contributed by atoms with Gasteiger partial charge in [0.2, 0.25) is 0 Å². The number of carbonyl (C=O) groups is 2. The van der Waals surface area contributed by atoms with Crippen molar-refractivity contribution >= 4 is 12.4 Å². The highest BCUT2D eigenvalue weighted by Crippen LogP contribution is 2.50. The van der Waals surface area contributed by atoms with Crippen LogP contribution in [0.5, 0.6) is 0 Å². The fourth-order valence-electron chi connectivity index (χ4n) is 2.25. The van der Waals surface area contributed by atoms with Crippen molar-refractivity contribution in [1.82, 2.24) is 4.90 Å². The molecule has 4 heteroatoms. The molecule has 0 spiro atoms. The number of hydrogen-bond donors (Lipinski definition) is 0. The fraction of sp³-hybridized carbons (Fsp3) is 0.818. The molecule has 1 saturated carbocycles. The summed E-state index contributed by atoms with van der Waals surface area (Å²) >= 11 is 0. The average molecular weight is 211 g/mol. The lowest BCUT2D eigenvalue weighted by Gasteiger charge is -2.25. The number of carbonyl (C=O) groups excluding carboxylic acids is 2. The molecule has 15 heavy (non-hydrogen) atoms. The van der Waals surface area contributed by atoms with Crippen molar-refractivity contribution in [2.75, 3.05) is 13.1 Å². The second-order valence-corrected chi connectivity index (χ2v) is 5.43. The molecule has 1 amide bonds. The molecule has 2 aliphatic rings. The van der Waals surface area contributed by atoms with E-state index in [1.165, 1.54) is 0 Å². The van der Waals surface area contributed by atoms with Gasteiger partial charge in [-0.25, -0.2) is 4.79 Å². The Morgan fingerprint density at radius 3 is 2.27 bits per heavy atom. The molecule has 0 aromatic carbocycles. The zero-order valence-electron chi connectivity index (χ0n) is 9.40. The van der Waals surface area contributed by atoms with Gasteiger partial charge in [0.1, 0.15) is 11.9 Å². The second kappa shape index (κ2) is 3.22. The number of ether oxygens (including phenoxy) is 1. The van der Waals surface area contributed by atoms with Crippen molar-refractivity contribution in [3.8, 4) is 0 Å². The van der Waals surface area contributed by atoms with E-state index in [9.17, 15) is 9.59 Å². The first-order valence-corrected chi connectivity index (χ1v) is 5.35. The van der Waals surface area contributed by atoms with Crippen molar-refractivity contribution in [3.05, 3.63) is 0 Å². The lowest BCUT2D eigenvalue weighted by molar-refractivity contribution is -0.109. The molecule has 2 fully saturated rings. The highest BCUT2D eigenvalue weighted by Gasteiger charge is 2.57. The summed E-state index contributed by atoms with van der Waals surface area (Å²) in [5.41, 5.74) is -0.437. The molecular weight excluding hydrogens is 194 g/mol. The Kier molecular flexibility index (Phi) is 2.24. The van der Waals surface area contributed by atoms with Crippen LogP contribution >= 0.6 is 0 Å². The second-order valence-electron chi connectivity index (χ2n) is 5.43. The molecule has 0 aromatic rings. The van der Waals surface area contributed by atoms with E-state index in [-0.39, 0.29) is 12.0 Å². The smallest absolute Gasteiger partial charge is 0.410 e. The van der Waals surface area contributed by atoms with Crippen LogP contribution in [0.2, 0.25) is 0 Å². The van der Waals surface area contributed by atoms with Crippen LogP contribution in [0.15, 0.2) is 0 Å². The van der Waals surface area contributed by atoms with E-state index >= 15 is 0 Å². The van der Waals surface area contributed by atoms with Gasteiger partial charge in [-0.1, -0.05) is 0 Å². The Hall–Kier alpha value is -1.06. The number of nitrogens with zero attached hydrogens (tertiary/aromatic N) is 1. The summed E-state index contributed by atoms with van der Waals surface area (Å²) in [4.78, 5) is 23.9. The summed E-state index contributed by atoms with van der Waals surface area (Å²) in [5, 5.41) is 0. The van der Waals surface area contributed by atoms with Gasteiger partial charge >= 0.3 is 6.09 Å². The standard InChI is InChI=1S/C11H17NO3/c1-11(2,3)15-10(14)12-4-7-8(5-12)9(7)6-13/h6-9H,4-5H2,1-3H3/t7-,8-/m0/s1. The number of fused-ring (bicyclic) bond motifs is 1. The van der Waals surface area contributed by atoms with Crippen molar-refractivity contribution in [3.63, 3.8) is 0 Å². The molecule has 0 radical (unpaired) electrons. The molecule has 1 aliphatic heterocycles.